The number of benzene rings is 3. The lowest BCUT2D eigenvalue weighted by Crippen LogP contribution is -2.41. The maximum atomic E-state index is 13.5. The summed E-state index contributed by atoms with van der Waals surface area (Å²) in [5, 5.41) is 3.95. The van der Waals surface area contributed by atoms with Gasteiger partial charge in [0.05, 0.1) is 10.6 Å². The van der Waals surface area contributed by atoms with E-state index in [2.05, 4.69) is 5.32 Å². The van der Waals surface area contributed by atoms with Gasteiger partial charge in [-0.2, -0.15) is 11.8 Å². The van der Waals surface area contributed by atoms with Gasteiger partial charge in [-0.3, -0.25) is 9.10 Å². The average molecular weight is 538 g/mol. The first-order valence-corrected chi connectivity index (χ1v) is 14.0. The number of hydrogen-bond donors (Lipinski definition) is 1. The molecule has 3 aromatic rings. The SMILES string of the molecule is Cc1ccc(S(=O)(=O)N(CC(=O)NCCSCc2ccc(Cl)cc2)c2cccc(Cl)c2C)cc1. The van der Waals surface area contributed by atoms with Crippen molar-refractivity contribution in [1.82, 2.24) is 5.32 Å². The van der Waals surface area contributed by atoms with Crippen molar-refractivity contribution in [2.75, 3.05) is 23.1 Å². The Balaban J connectivity index is 1.68. The van der Waals surface area contributed by atoms with Crippen LogP contribution in [0.1, 0.15) is 16.7 Å². The number of thioether (sulfide) groups is 1. The molecule has 0 aliphatic rings. The van der Waals surface area contributed by atoms with Crippen molar-refractivity contribution >= 4 is 56.6 Å². The van der Waals surface area contributed by atoms with E-state index in [9.17, 15) is 13.2 Å². The minimum absolute atomic E-state index is 0.115. The summed E-state index contributed by atoms with van der Waals surface area (Å²) in [6.07, 6.45) is 0. The molecular weight excluding hydrogens is 511 g/mol. The van der Waals surface area contributed by atoms with Gasteiger partial charge in [-0.1, -0.05) is 59.1 Å². The Morgan fingerprint density at radius 1 is 0.971 bits per heavy atom. The van der Waals surface area contributed by atoms with E-state index in [-0.39, 0.29) is 17.3 Å². The van der Waals surface area contributed by atoms with Crippen molar-refractivity contribution < 1.29 is 13.2 Å². The van der Waals surface area contributed by atoms with Crippen molar-refractivity contribution in [1.29, 1.82) is 0 Å². The highest BCUT2D eigenvalue weighted by atomic mass is 35.5. The van der Waals surface area contributed by atoms with Gasteiger partial charge >= 0.3 is 0 Å². The number of halogens is 2. The van der Waals surface area contributed by atoms with Crippen molar-refractivity contribution in [3.8, 4) is 0 Å². The normalized spacial score (nSPS) is 11.3. The molecule has 180 valence electrons. The molecule has 0 heterocycles. The fraction of sp³-hybridized carbons (Fsp3) is 0.240. The maximum Gasteiger partial charge on any atom is 0.264 e. The highest BCUT2D eigenvalue weighted by Gasteiger charge is 2.28. The summed E-state index contributed by atoms with van der Waals surface area (Å²) in [5.41, 5.74) is 3.05. The van der Waals surface area contributed by atoms with Crippen LogP contribution in [0.3, 0.4) is 0 Å². The predicted octanol–water partition coefficient (Wildman–Crippen LogP) is 5.86. The summed E-state index contributed by atoms with van der Waals surface area (Å²) >= 11 is 13.8. The Morgan fingerprint density at radius 3 is 2.32 bits per heavy atom. The highest BCUT2D eigenvalue weighted by Crippen LogP contribution is 2.30. The second-order valence-corrected chi connectivity index (χ2v) is 11.5. The number of nitrogens with zero attached hydrogens (tertiary/aromatic N) is 1. The number of rotatable bonds is 10. The van der Waals surface area contributed by atoms with Crippen LogP contribution in [-0.2, 0) is 20.6 Å². The van der Waals surface area contributed by atoms with Crippen LogP contribution in [-0.4, -0.2) is 33.2 Å². The molecule has 0 saturated heterocycles. The number of carbonyl (C=O) groups is 1. The Labute approximate surface area is 215 Å². The molecule has 0 saturated carbocycles. The first kappa shape index (κ1) is 26.4. The molecule has 0 unspecified atom stereocenters. The van der Waals surface area contributed by atoms with Gasteiger partial charge in [-0.15, -0.1) is 0 Å². The van der Waals surface area contributed by atoms with E-state index in [0.29, 0.717) is 33.6 Å². The van der Waals surface area contributed by atoms with Crippen molar-refractivity contribution in [2.45, 2.75) is 24.5 Å². The molecule has 5 nitrogen and oxygen atoms in total. The fourth-order valence-electron chi connectivity index (χ4n) is 3.22. The minimum atomic E-state index is -3.98. The van der Waals surface area contributed by atoms with Crippen LogP contribution in [0, 0.1) is 13.8 Å². The number of nitrogens with one attached hydrogen (secondary N) is 1. The van der Waals surface area contributed by atoms with Gasteiger partial charge in [-0.05, 0) is 61.4 Å². The zero-order valence-electron chi connectivity index (χ0n) is 18.9. The first-order chi connectivity index (χ1) is 16.2. The van der Waals surface area contributed by atoms with Gasteiger partial charge in [0, 0.05) is 28.1 Å². The topological polar surface area (TPSA) is 66.5 Å². The Kier molecular flexibility index (Phi) is 9.31. The molecule has 0 aliphatic carbocycles. The predicted molar refractivity (Wildman–Crippen MR) is 143 cm³/mol. The molecule has 0 spiro atoms. The van der Waals surface area contributed by atoms with Gasteiger partial charge in [0.1, 0.15) is 6.54 Å². The van der Waals surface area contributed by atoms with E-state index in [1.54, 1.807) is 61.2 Å². The minimum Gasteiger partial charge on any atom is -0.354 e. The van der Waals surface area contributed by atoms with Crippen LogP contribution < -0.4 is 9.62 Å². The molecule has 3 rings (SSSR count). The van der Waals surface area contributed by atoms with E-state index in [1.807, 2.05) is 31.2 Å². The van der Waals surface area contributed by atoms with E-state index < -0.39 is 10.0 Å². The number of anilines is 1. The molecule has 9 heteroatoms. The molecule has 3 aromatic carbocycles. The molecular formula is C25H26Cl2N2O3S2. The third-order valence-electron chi connectivity index (χ3n) is 5.15. The molecule has 0 aliphatic heterocycles. The van der Waals surface area contributed by atoms with E-state index >= 15 is 0 Å². The molecule has 1 amide bonds. The van der Waals surface area contributed by atoms with Crippen molar-refractivity contribution in [3.05, 3.63) is 93.5 Å². The molecule has 34 heavy (non-hydrogen) atoms. The maximum absolute atomic E-state index is 13.5. The lowest BCUT2D eigenvalue weighted by atomic mass is 10.2. The Morgan fingerprint density at radius 2 is 1.65 bits per heavy atom. The largest absolute Gasteiger partial charge is 0.354 e. The number of aryl methyl sites for hydroxylation is 1. The Bertz CT molecular complexity index is 1230. The van der Waals surface area contributed by atoms with Gasteiger partial charge < -0.3 is 5.32 Å². The number of carbonyl (C=O) groups excluding carboxylic acids is 1. The van der Waals surface area contributed by atoms with Crippen molar-refractivity contribution in [2.24, 2.45) is 0 Å². The lowest BCUT2D eigenvalue weighted by Gasteiger charge is -2.26. The van der Waals surface area contributed by atoms with Crippen LogP contribution in [0.4, 0.5) is 5.69 Å². The summed E-state index contributed by atoms with van der Waals surface area (Å²) in [4.78, 5) is 12.9. The van der Waals surface area contributed by atoms with Crippen LogP contribution in [0.2, 0.25) is 10.0 Å². The summed E-state index contributed by atoms with van der Waals surface area (Å²) in [5.74, 6) is 1.10. The van der Waals surface area contributed by atoms with Crippen LogP contribution >= 0.6 is 35.0 Å². The highest BCUT2D eigenvalue weighted by molar-refractivity contribution is 7.98. The molecule has 0 fully saturated rings. The summed E-state index contributed by atoms with van der Waals surface area (Å²) in [6, 6.07) is 19.2. The number of hydrogen-bond acceptors (Lipinski definition) is 4. The van der Waals surface area contributed by atoms with Crippen LogP contribution in [0.25, 0.3) is 0 Å². The molecule has 0 radical (unpaired) electrons. The monoisotopic (exact) mass is 536 g/mol. The Hall–Kier alpha value is -2.19. The number of amides is 1. The van der Waals surface area contributed by atoms with Crippen LogP contribution in [0.15, 0.2) is 71.6 Å². The van der Waals surface area contributed by atoms with Gasteiger partial charge in [0.15, 0.2) is 0 Å². The summed E-state index contributed by atoms with van der Waals surface area (Å²) < 4.78 is 28.1. The van der Waals surface area contributed by atoms with E-state index in [0.717, 1.165) is 21.2 Å². The standard InChI is InChI=1S/C25H26Cl2N2O3S2/c1-18-6-12-22(13-7-18)34(31,32)29(24-5-3-4-23(27)19(24)2)16-25(30)28-14-15-33-17-20-8-10-21(26)11-9-20/h3-13H,14-17H2,1-2H3,(H,28,30). The molecule has 0 atom stereocenters. The van der Waals surface area contributed by atoms with Crippen molar-refractivity contribution in [3.63, 3.8) is 0 Å². The quantitative estimate of drug-likeness (QED) is 0.329. The van der Waals surface area contributed by atoms with Gasteiger partial charge in [0.25, 0.3) is 10.0 Å². The van der Waals surface area contributed by atoms with Gasteiger partial charge in [-0.25, -0.2) is 8.42 Å². The zero-order chi connectivity index (χ0) is 24.7. The van der Waals surface area contributed by atoms with Gasteiger partial charge in [0.2, 0.25) is 5.91 Å². The second kappa shape index (κ2) is 12.0. The third-order valence-corrected chi connectivity index (χ3v) is 8.62. The number of sulfonamides is 1. The zero-order valence-corrected chi connectivity index (χ0v) is 22.1. The van der Waals surface area contributed by atoms with E-state index in [4.69, 9.17) is 23.2 Å². The lowest BCUT2D eigenvalue weighted by molar-refractivity contribution is -0.119. The molecule has 0 bridgehead atoms. The summed E-state index contributed by atoms with van der Waals surface area (Å²) in [6.45, 7) is 3.69. The second-order valence-electron chi connectivity index (χ2n) is 7.74. The smallest absolute Gasteiger partial charge is 0.264 e. The molecule has 1 N–H and O–H groups in total. The fourth-order valence-corrected chi connectivity index (χ4v) is 5.82. The third kappa shape index (κ3) is 6.92. The summed E-state index contributed by atoms with van der Waals surface area (Å²) in [7, 11) is -3.98. The first-order valence-electron chi connectivity index (χ1n) is 10.6. The van der Waals surface area contributed by atoms with E-state index in [1.165, 1.54) is 0 Å². The average Bonchev–Trinajstić information content (AvgIpc) is 2.81. The van der Waals surface area contributed by atoms with Crippen LogP contribution in [0.5, 0.6) is 0 Å². The molecule has 0 aromatic heterocycles.